The van der Waals surface area contributed by atoms with Gasteiger partial charge in [0.1, 0.15) is 0 Å². The highest BCUT2D eigenvalue weighted by atomic mass is 16.5. The first kappa shape index (κ1) is 27.5. The topological polar surface area (TPSA) is 122 Å². The van der Waals surface area contributed by atoms with E-state index in [2.05, 4.69) is 26.9 Å². The monoisotopic (exact) mass is 661 g/mol. The molecule has 1 aromatic heterocycles. The lowest BCUT2D eigenvalue weighted by Gasteiger charge is -2.63. The Morgan fingerprint density at radius 2 is 1.12 bits per heavy atom. The molecule has 254 valence electrons. The number of aromatic hydroxyl groups is 2. The molecule has 4 aliphatic heterocycles. The van der Waals surface area contributed by atoms with Gasteiger partial charge in [-0.1, -0.05) is 12.1 Å². The number of hydrogen-bond acceptors (Lipinski definition) is 8. The highest BCUT2D eigenvalue weighted by Crippen LogP contribution is 2.72. The van der Waals surface area contributed by atoms with Crippen LogP contribution >= 0.6 is 0 Å². The maximum Gasteiger partial charge on any atom is 0.166 e. The van der Waals surface area contributed by atoms with E-state index in [1.54, 1.807) is 12.1 Å². The fraction of sp³-hybridized carbons (Fsp3) is 0.600. The lowest BCUT2D eigenvalue weighted by Crippen LogP contribution is -2.75. The molecule has 13 rings (SSSR count). The highest BCUT2D eigenvalue weighted by molar-refractivity contribution is 5.68. The van der Waals surface area contributed by atoms with E-state index in [4.69, 9.17) is 9.47 Å². The van der Waals surface area contributed by atoms with Crippen LogP contribution in [0.4, 0.5) is 0 Å². The number of nitrogens with zero attached hydrogens (tertiary/aromatic N) is 2. The van der Waals surface area contributed by atoms with E-state index in [9.17, 15) is 20.4 Å². The van der Waals surface area contributed by atoms with Crippen molar-refractivity contribution in [2.24, 2.45) is 11.8 Å². The van der Waals surface area contributed by atoms with E-state index < -0.39 is 34.2 Å². The number of nitrogens with one attached hydrogen (secondary N) is 1. The third kappa shape index (κ3) is 2.87. The molecule has 8 atom stereocenters. The molecule has 2 spiro atoms. The first-order valence-corrected chi connectivity index (χ1v) is 19.0. The minimum absolute atomic E-state index is 0.0535. The smallest absolute Gasteiger partial charge is 0.166 e. The average molecular weight is 662 g/mol. The predicted molar refractivity (Wildman–Crippen MR) is 177 cm³/mol. The van der Waals surface area contributed by atoms with Gasteiger partial charge in [-0.2, -0.15) is 0 Å². The van der Waals surface area contributed by atoms with Crippen molar-refractivity contribution < 1.29 is 29.9 Å². The molecule has 9 nitrogen and oxygen atoms in total. The van der Waals surface area contributed by atoms with Crippen LogP contribution in [0.3, 0.4) is 0 Å². The van der Waals surface area contributed by atoms with Crippen LogP contribution < -0.4 is 9.47 Å². The fourth-order valence-corrected chi connectivity index (χ4v) is 13.4. The number of aromatic amines is 1. The number of hydrogen-bond donors (Lipinski definition) is 5. The van der Waals surface area contributed by atoms with Crippen LogP contribution in [-0.4, -0.2) is 84.7 Å². The molecule has 49 heavy (non-hydrogen) atoms. The second-order valence-corrected chi connectivity index (χ2v) is 17.8. The molecule has 9 heteroatoms. The fourth-order valence-electron chi connectivity index (χ4n) is 13.4. The lowest BCUT2D eigenvalue weighted by molar-refractivity contribution is -0.176. The number of phenols is 2. The first-order chi connectivity index (χ1) is 23.7. The molecule has 0 radical (unpaired) electrons. The van der Waals surface area contributed by atoms with Crippen molar-refractivity contribution in [1.82, 2.24) is 14.8 Å². The third-order valence-corrected chi connectivity index (χ3v) is 15.7. The van der Waals surface area contributed by atoms with Crippen LogP contribution in [0.15, 0.2) is 24.3 Å². The molecule has 5 heterocycles. The normalized spacial score (nSPS) is 41.3. The van der Waals surface area contributed by atoms with E-state index in [0.717, 1.165) is 85.5 Å². The number of aliphatic hydroxyl groups is 2. The Labute approximate surface area is 284 Å². The highest BCUT2D eigenvalue weighted by Gasteiger charge is 2.76. The standard InChI is InChI=1S/C40H43N3O6/c44-25-7-5-21-13-27-39(46)15-23-24-16-40(47)28-14-22-6-8-26(45)34-30(22)38(40,10-12-43(28)18-20-3-4-20)36(49-34)32(24)41-31(23)35-37(39,29(21)33(25)48-35)9-11-42(27)17-19-1-2-19/h5-8,19-20,27-28,35-36,41,44-47H,1-4,9-18H2/t27?,28?,35-,36?,37-,38-,39+,40?/m0/s1. The zero-order valence-electron chi connectivity index (χ0n) is 27.7. The Hall–Kier alpha value is -3.24. The van der Waals surface area contributed by atoms with Gasteiger partial charge in [0.15, 0.2) is 35.2 Å². The number of likely N-dealkylation sites (tertiary alicyclic amines) is 2. The minimum Gasteiger partial charge on any atom is -0.504 e. The maximum absolute atomic E-state index is 13.5. The first-order valence-electron chi connectivity index (χ1n) is 19.0. The zero-order valence-corrected chi connectivity index (χ0v) is 27.7. The van der Waals surface area contributed by atoms with Crippen molar-refractivity contribution in [3.8, 4) is 23.0 Å². The maximum atomic E-state index is 13.5. The van der Waals surface area contributed by atoms with Gasteiger partial charge in [-0.25, -0.2) is 0 Å². The van der Waals surface area contributed by atoms with Crippen molar-refractivity contribution in [1.29, 1.82) is 0 Å². The second kappa shape index (κ2) is 8.28. The molecule has 5 N–H and O–H groups in total. The molecule has 2 saturated heterocycles. The number of piperidine rings is 2. The summed E-state index contributed by atoms with van der Waals surface area (Å²) in [5.41, 5.74) is 4.93. The molecular weight excluding hydrogens is 618 g/mol. The average Bonchev–Trinajstić information content (AvgIpc) is 3.98. The van der Waals surface area contributed by atoms with E-state index in [1.807, 2.05) is 0 Å². The molecule has 0 amide bonds. The molecule has 2 saturated carbocycles. The molecule has 6 aliphatic carbocycles. The summed E-state index contributed by atoms with van der Waals surface area (Å²) in [7, 11) is 0. The van der Waals surface area contributed by atoms with Gasteiger partial charge >= 0.3 is 0 Å². The predicted octanol–water partition coefficient (Wildman–Crippen LogP) is 3.82. The summed E-state index contributed by atoms with van der Waals surface area (Å²) < 4.78 is 13.9. The van der Waals surface area contributed by atoms with Gasteiger partial charge in [-0.05, 0) is 111 Å². The van der Waals surface area contributed by atoms with Crippen LogP contribution in [0, 0.1) is 11.8 Å². The van der Waals surface area contributed by atoms with Gasteiger partial charge in [-0.3, -0.25) is 9.80 Å². The van der Waals surface area contributed by atoms with Gasteiger partial charge in [0.05, 0.1) is 33.4 Å². The summed E-state index contributed by atoms with van der Waals surface area (Å²) in [4.78, 5) is 9.05. The van der Waals surface area contributed by atoms with E-state index >= 15 is 0 Å². The number of fused-ring (bicyclic) bond motifs is 5. The van der Waals surface area contributed by atoms with Gasteiger partial charge in [0.25, 0.3) is 0 Å². The van der Waals surface area contributed by atoms with Gasteiger partial charge < -0.3 is 34.9 Å². The molecule has 4 bridgehead atoms. The molecule has 3 aromatic rings. The summed E-state index contributed by atoms with van der Waals surface area (Å²) >= 11 is 0. The number of aromatic nitrogens is 1. The third-order valence-electron chi connectivity index (χ3n) is 15.7. The van der Waals surface area contributed by atoms with Crippen molar-refractivity contribution in [3.05, 3.63) is 69.0 Å². The summed E-state index contributed by atoms with van der Waals surface area (Å²) in [6, 6.07) is 7.56. The van der Waals surface area contributed by atoms with Gasteiger partial charge in [0.2, 0.25) is 0 Å². The Balaban J connectivity index is 1.03. The number of ether oxygens (including phenoxy) is 2. The SMILES string of the molecule is Oc1ccc2c3c1OC1c4[nH]c5c(c4CC4(O)C(C2)N(CC2CC2)CC[C@]314)C[C@@]1(O)C2Cc3ccc(O)c4c3[C@@]1(CCN2CC1CC1)[C@H]5O4. The number of benzene rings is 2. The molecule has 2 aromatic carbocycles. The van der Waals surface area contributed by atoms with Gasteiger partial charge in [-0.15, -0.1) is 0 Å². The van der Waals surface area contributed by atoms with E-state index in [-0.39, 0.29) is 23.6 Å². The molecule has 4 fully saturated rings. The van der Waals surface area contributed by atoms with Crippen molar-refractivity contribution >= 4 is 0 Å². The van der Waals surface area contributed by atoms with Crippen LogP contribution in [0.5, 0.6) is 23.0 Å². The van der Waals surface area contributed by atoms with E-state index in [1.165, 1.54) is 36.8 Å². The van der Waals surface area contributed by atoms with Crippen LogP contribution in [0.1, 0.15) is 95.5 Å². The molecule has 10 aliphatic rings. The second-order valence-electron chi connectivity index (χ2n) is 17.8. The minimum atomic E-state index is -1.09. The zero-order chi connectivity index (χ0) is 32.4. The van der Waals surface area contributed by atoms with Crippen LogP contribution in [0.2, 0.25) is 0 Å². The Morgan fingerprint density at radius 1 is 0.673 bits per heavy atom. The van der Waals surface area contributed by atoms with E-state index in [0.29, 0.717) is 36.2 Å². The number of rotatable bonds is 4. The van der Waals surface area contributed by atoms with Gasteiger partial charge in [0, 0.05) is 49.1 Å². The number of H-pyrrole nitrogens is 1. The number of phenolic OH excluding ortho intramolecular Hbond substituents is 2. The largest absolute Gasteiger partial charge is 0.504 e. The van der Waals surface area contributed by atoms with Crippen LogP contribution in [0.25, 0.3) is 0 Å². The summed E-state index contributed by atoms with van der Waals surface area (Å²) in [5, 5.41) is 49.4. The summed E-state index contributed by atoms with van der Waals surface area (Å²) in [6.07, 6.45) is 8.06. The van der Waals surface area contributed by atoms with Crippen molar-refractivity contribution in [2.75, 3.05) is 26.2 Å². The Morgan fingerprint density at radius 3 is 1.55 bits per heavy atom. The quantitative estimate of drug-likeness (QED) is 0.286. The molecule has 4 unspecified atom stereocenters. The van der Waals surface area contributed by atoms with Crippen molar-refractivity contribution in [3.63, 3.8) is 0 Å². The lowest BCUT2D eigenvalue weighted by atomic mass is 9.47. The summed E-state index contributed by atoms with van der Waals surface area (Å²) in [5.74, 6) is 2.77. The summed E-state index contributed by atoms with van der Waals surface area (Å²) in [6.45, 7) is 3.84. The Bertz CT molecular complexity index is 1910. The Kier molecular flexibility index (Phi) is 4.64. The molecular formula is C40H43N3O6. The van der Waals surface area contributed by atoms with Crippen LogP contribution in [-0.2, 0) is 36.5 Å². The van der Waals surface area contributed by atoms with Crippen molar-refractivity contribution in [2.45, 2.75) is 111 Å².